The number of hydrogen-bond donors (Lipinski definition) is 0. The molecule has 1 aromatic carbocycles. The Morgan fingerprint density at radius 3 is 2.61 bits per heavy atom. The van der Waals surface area contributed by atoms with E-state index in [2.05, 4.69) is 10.1 Å². The molecule has 0 aliphatic heterocycles. The molecule has 0 atom stereocenters. The van der Waals surface area contributed by atoms with E-state index in [4.69, 9.17) is 11.6 Å². The number of halogens is 1. The van der Waals surface area contributed by atoms with Crippen molar-refractivity contribution < 1.29 is 8.42 Å². The highest BCUT2D eigenvalue weighted by Crippen LogP contribution is 2.20. The van der Waals surface area contributed by atoms with Crippen LogP contribution in [0.2, 0.25) is 5.02 Å². The van der Waals surface area contributed by atoms with Crippen molar-refractivity contribution in [2.75, 3.05) is 31.0 Å². The quantitative estimate of drug-likeness (QED) is 0.575. The molecule has 150 valence electrons. The molecule has 0 aliphatic rings. The van der Waals surface area contributed by atoms with E-state index >= 15 is 0 Å². The van der Waals surface area contributed by atoms with Gasteiger partial charge in [0.1, 0.15) is 27.2 Å². The number of nitrogens with zero attached hydrogens (tertiary/aromatic N) is 5. The predicted molar refractivity (Wildman–Crippen MR) is 111 cm³/mol. The molecule has 3 rings (SSSR count). The Labute approximate surface area is 168 Å². The maximum absolute atomic E-state index is 12.6. The first kappa shape index (κ1) is 20.3. The van der Waals surface area contributed by atoms with Crippen molar-refractivity contribution in [2.24, 2.45) is 0 Å². The van der Waals surface area contributed by atoms with Gasteiger partial charge in [-0.15, -0.1) is 0 Å². The minimum atomic E-state index is -3.05. The van der Waals surface area contributed by atoms with Crippen LogP contribution in [-0.4, -0.2) is 53.9 Å². The van der Waals surface area contributed by atoms with Gasteiger partial charge in [-0.25, -0.2) is 18.1 Å². The highest BCUT2D eigenvalue weighted by molar-refractivity contribution is 7.90. The summed E-state index contributed by atoms with van der Waals surface area (Å²) in [5, 5.41) is 4.31. The third-order valence-electron chi connectivity index (χ3n) is 4.37. The number of fused-ring (bicyclic) bond motifs is 1. The molecule has 0 saturated carbocycles. The van der Waals surface area contributed by atoms with Crippen LogP contribution in [0.25, 0.3) is 11.0 Å². The molecule has 0 N–H and O–H groups in total. The second-order valence-electron chi connectivity index (χ2n) is 6.85. The molecule has 28 heavy (non-hydrogen) atoms. The van der Waals surface area contributed by atoms with E-state index in [9.17, 15) is 13.2 Å². The predicted octanol–water partition coefficient (Wildman–Crippen LogP) is 1.80. The van der Waals surface area contributed by atoms with Crippen LogP contribution in [-0.2, 0) is 22.9 Å². The number of para-hydroxylation sites is 2. The Morgan fingerprint density at radius 1 is 1.21 bits per heavy atom. The zero-order valence-electron chi connectivity index (χ0n) is 16.0. The fraction of sp³-hybridized carbons (Fsp3) is 0.389. The Bertz CT molecular complexity index is 1170. The number of imidazole rings is 1. The topological polar surface area (TPSA) is 90.1 Å². The average Bonchev–Trinajstić information content (AvgIpc) is 2.95. The van der Waals surface area contributed by atoms with E-state index in [0.29, 0.717) is 24.5 Å². The van der Waals surface area contributed by atoms with Crippen LogP contribution in [0.1, 0.15) is 12.2 Å². The van der Waals surface area contributed by atoms with Crippen LogP contribution in [0, 0.1) is 0 Å². The number of anilines is 1. The van der Waals surface area contributed by atoms with Gasteiger partial charge in [0.15, 0.2) is 0 Å². The van der Waals surface area contributed by atoms with Gasteiger partial charge in [0, 0.05) is 26.9 Å². The highest BCUT2D eigenvalue weighted by atomic mass is 35.5. The summed E-state index contributed by atoms with van der Waals surface area (Å²) in [6, 6.07) is 7.58. The van der Waals surface area contributed by atoms with Crippen molar-refractivity contribution in [3.63, 3.8) is 0 Å². The zero-order chi connectivity index (χ0) is 20.5. The van der Waals surface area contributed by atoms with Gasteiger partial charge in [-0.3, -0.25) is 4.79 Å². The Balaban J connectivity index is 1.98. The van der Waals surface area contributed by atoms with Gasteiger partial charge < -0.3 is 9.47 Å². The number of benzene rings is 1. The Morgan fingerprint density at radius 2 is 1.93 bits per heavy atom. The van der Waals surface area contributed by atoms with E-state index in [1.54, 1.807) is 25.2 Å². The molecule has 0 aliphatic carbocycles. The van der Waals surface area contributed by atoms with Crippen LogP contribution < -0.4 is 10.5 Å². The van der Waals surface area contributed by atoms with E-state index in [1.165, 1.54) is 10.9 Å². The Kier molecular flexibility index (Phi) is 5.76. The van der Waals surface area contributed by atoms with Crippen molar-refractivity contribution in [2.45, 2.75) is 19.5 Å². The summed E-state index contributed by atoms with van der Waals surface area (Å²) in [5.74, 6) is 0.707. The molecule has 8 nitrogen and oxygen atoms in total. The van der Waals surface area contributed by atoms with Crippen LogP contribution in [0.4, 0.5) is 5.69 Å². The molecule has 2 heterocycles. The third-order valence-corrected chi connectivity index (χ3v) is 5.76. The van der Waals surface area contributed by atoms with Crippen molar-refractivity contribution in [3.8, 4) is 0 Å². The molecule has 3 aromatic rings. The van der Waals surface area contributed by atoms with Crippen molar-refractivity contribution in [1.29, 1.82) is 0 Å². The lowest BCUT2D eigenvalue weighted by Crippen LogP contribution is -2.27. The standard InChI is InChI=1S/C18H22ClN5O3S/c1-22(2)15-11-20-24(18(25)17(15)19)12-16-21-13-7-4-5-8-14(13)23(16)9-6-10-28(3,26)27/h4-5,7-8,11H,6,9-10,12H2,1-3H3. The van der Waals surface area contributed by atoms with E-state index in [0.717, 1.165) is 11.0 Å². The molecule has 0 radical (unpaired) electrons. The summed E-state index contributed by atoms with van der Waals surface area (Å²) in [6.45, 7) is 0.612. The number of aromatic nitrogens is 4. The molecular weight excluding hydrogens is 402 g/mol. The second-order valence-corrected chi connectivity index (χ2v) is 9.49. The van der Waals surface area contributed by atoms with Crippen LogP contribution >= 0.6 is 11.6 Å². The molecule has 0 unspecified atom stereocenters. The first-order valence-corrected chi connectivity index (χ1v) is 11.2. The third kappa shape index (κ3) is 4.36. The summed E-state index contributed by atoms with van der Waals surface area (Å²) in [4.78, 5) is 18.9. The lowest BCUT2D eigenvalue weighted by atomic mass is 10.3. The summed E-state index contributed by atoms with van der Waals surface area (Å²) in [7, 11) is 0.520. The van der Waals surface area contributed by atoms with E-state index < -0.39 is 15.4 Å². The molecule has 0 bridgehead atoms. The molecular formula is C18H22ClN5O3S. The molecule has 2 aromatic heterocycles. The first-order chi connectivity index (χ1) is 13.2. The number of hydrogen-bond acceptors (Lipinski definition) is 6. The van der Waals surface area contributed by atoms with Gasteiger partial charge in [0.25, 0.3) is 5.56 Å². The lowest BCUT2D eigenvalue weighted by molar-refractivity contribution is 0.564. The fourth-order valence-corrected chi connectivity index (χ4v) is 3.96. The first-order valence-electron chi connectivity index (χ1n) is 8.72. The number of aryl methyl sites for hydroxylation is 1. The smallest absolute Gasteiger partial charge is 0.288 e. The van der Waals surface area contributed by atoms with Gasteiger partial charge in [-0.05, 0) is 18.6 Å². The normalized spacial score (nSPS) is 11.9. The van der Waals surface area contributed by atoms with Crippen molar-refractivity contribution in [1.82, 2.24) is 19.3 Å². The SMILES string of the molecule is CN(C)c1cnn(Cc2nc3ccccc3n2CCCS(C)(=O)=O)c(=O)c1Cl. The molecule has 0 amide bonds. The van der Waals surface area contributed by atoms with Crippen LogP contribution in [0.5, 0.6) is 0 Å². The van der Waals surface area contributed by atoms with Gasteiger partial charge in [-0.2, -0.15) is 5.10 Å². The molecule has 0 spiro atoms. The van der Waals surface area contributed by atoms with Gasteiger partial charge in [0.2, 0.25) is 0 Å². The average molecular weight is 424 g/mol. The number of rotatable bonds is 7. The fourth-order valence-electron chi connectivity index (χ4n) is 3.00. The van der Waals surface area contributed by atoms with E-state index in [1.807, 2.05) is 28.8 Å². The van der Waals surface area contributed by atoms with Crippen molar-refractivity contribution in [3.05, 3.63) is 51.7 Å². The zero-order valence-corrected chi connectivity index (χ0v) is 17.5. The van der Waals surface area contributed by atoms with Gasteiger partial charge in [0.05, 0.1) is 28.7 Å². The van der Waals surface area contributed by atoms with Gasteiger partial charge >= 0.3 is 0 Å². The van der Waals surface area contributed by atoms with E-state index in [-0.39, 0.29) is 17.3 Å². The monoisotopic (exact) mass is 423 g/mol. The highest BCUT2D eigenvalue weighted by Gasteiger charge is 2.16. The lowest BCUT2D eigenvalue weighted by Gasteiger charge is -2.15. The maximum atomic E-state index is 12.6. The summed E-state index contributed by atoms with van der Waals surface area (Å²) in [5.41, 5.74) is 1.81. The summed E-state index contributed by atoms with van der Waals surface area (Å²) < 4.78 is 26.1. The number of sulfone groups is 1. The minimum Gasteiger partial charge on any atom is -0.375 e. The Hall–Kier alpha value is -2.39. The largest absolute Gasteiger partial charge is 0.375 e. The second kappa shape index (κ2) is 7.92. The molecule has 0 saturated heterocycles. The minimum absolute atomic E-state index is 0.0838. The van der Waals surface area contributed by atoms with Crippen LogP contribution in [0.3, 0.4) is 0 Å². The molecule has 10 heteroatoms. The van der Waals surface area contributed by atoms with Gasteiger partial charge in [-0.1, -0.05) is 23.7 Å². The summed E-state index contributed by atoms with van der Waals surface area (Å²) >= 11 is 6.20. The van der Waals surface area contributed by atoms with Crippen molar-refractivity contribution >= 4 is 38.2 Å². The summed E-state index contributed by atoms with van der Waals surface area (Å²) in [6.07, 6.45) is 3.22. The maximum Gasteiger partial charge on any atom is 0.288 e. The van der Waals surface area contributed by atoms with Crippen LogP contribution in [0.15, 0.2) is 35.3 Å². The molecule has 0 fully saturated rings.